The summed E-state index contributed by atoms with van der Waals surface area (Å²) in [6.45, 7) is 10.7. The molecule has 2 N–H and O–H groups in total. The van der Waals surface area contributed by atoms with Gasteiger partial charge in [-0.2, -0.15) is 0 Å². The number of esters is 1. The van der Waals surface area contributed by atoms with Crippen LogP contribution < -0.4 is 0 Å². The van der Waals surface area contributed by atoms with Gasteiger partial charge in [0.05, 0.1) is 29.8 Å². The summed E-state index contributed by atoms with van der Waals surface area (Å²) in [5, 5.41) is 20.9. The second kappa shape index (κ2) is 7.04. The summed E-state index contributed by atoms with van der Waals surface area (Å²) in [7, 11) is 0. The van der Waals surface area contributed by atoms with Crippen molar-refractivity contribution in [3.05, 3.63) is 11.1 Å². The van der Waals surface area contributed by atoms with Crippen molar-refractivity contribution in [3.63, 3.8) is 0 Å². The van der Waals surface area contributed by atoms with Crippen LogP contribution in [0.4, 0.5) is 0 Å². The minimum absolute atomic E-state index is 0.0186. The molecular formula is C30H42O6. The van der Waals surface area contributed by atoms with E-state index in [4.69, 9.17) is 9.47 Å². The summed E-state index contributed by atoms with van der Waals surface area (Å²) in [5.41, 5.74) is 0.407. The molecule has 6 fully saturated rings. The Hall–Kier alpha value is -1.24. The zero-order chi connectivity index (χ0) is 25.6. The minimum Gasteiger partial charge on any atom is -0.458 e. The van der Waals surface area contributed by atoms with Gasteiger partial charge in [0.2, 0.25) is 0 Å². The number of hydrogen-bond donors (Lipinski definition) is 2. The molecule has 6 nitrogen and oxygen atoms in total. The monoisotopic (exact) mass is 498 g/mol. The molecule has 2 aliphatic heterocycles. The quantitative estimate of drug-likeness (QED) is 0.454. The van der Waals surface area contributed by atoms with Crippen molar-refractivity contribution in [2.24, 2.45) is 51.8 Å². The van der Waals surface area contributed by atoms with E-state index in [9.17, 15) is 19.8 Å². The molecule has 0 radical (unpaired) electrons. The highest BCUT2D eigenvalue weighted by Gasteiger charge is 2.98. The van der Waals surface area contributed by atoms with Gasteiger partial charge in [-0.05, 0) is 85.4 Å². The van der Waals surface area contributed by atoms with Gasteiger partial charge < -0.3 is 19.7 Å². The number of aliphatic hydroxyl groups excluding tert-OH is 2. The number of ketones is 1. The smallest absolute Gasteiger partial charge is 0.336 e. The molecule has 0 aromatic rings. The van der Waals surface area contributed by atoms with Gasteiger partial charge in [-0.15, -0.1) is 0 Å². The largest absolute Gasteiger partial charge is 0.458 e. The lowest BCUT2D eigenvalue weighted by molar-refractivity contribution is -0.154. The average Bonchev–Trinajstić information content (AvgIpc) is 3.64. The molecule has 2 heterocycles. The number of ether oxygens (including phenoxy) is 2. The predicted octanol–water partition coefficient (Wildman–Crippen LogP) is 3.82. The van der Waals surface area contributed by atoms with Gasteiger partial charge in [0, 0.05) is 12.8 Å². The van der Waals surface area contributed by atoms with E-state index in [2.05, 4.69) is 20.8 Å². The summed E-state index contributed by atoms with van der Waals surface area (Å²) >= 11 is 0. The van der Waals surface area contributed by atoms with E-state index in [1.807, 2.05) is 13.8 Å². The summed E-state index contributed by atoms with van der Waals surface area (Å²) < 4.78 is 12.4. The van der Waals surface area contributed by atoms with Crippen molar-refractivity contribution in [3.8, 4) is 0 Å². The van der Waals surface area contributed by atoms with Crippen LogP contribution >= 0.6 is 0 Å². The van der Waals surface area contributed by atoms with Crippen molar-refractivity contribution in [2.75, 3.05) is 6.61 Å². The van der Waals surface area contributed by atoms with Gasteiger partial charge in [0.25, 0.3) is 0 Å². The molecule has 0 amide bonds. The van der Waals surface area contributed by atoms with Crippen LogP contribution in [-0.2, 0) is 19.1 Å². The lowest BCUT2D eigenvalue weighted by Crippen LogP contribution is -2.60. The molecule has 0 bridgehead atoms. The Balaban J connectivity index is 1.20. The van der Waals surface area contributed by atoms with Gasteiger partial charge in [-0.3, -0.25) is 4.79 Å². The maximum Gasteiger partial charge on any atom is 0.336 e. The first-order chi connectivity index (χ1) is 17.0. The third kappa shape index (κ3) is 2.30. The first-order valence-electron chi connectivity index (χ1n) is 14.4. The maximum absolute atomic E-state index is 13.8. The van der Waals surface area contributed by atoms with E-state index >= 15 is 0 Å². The second-order valence-corrected chi connectivity index (χ2v) is 14.1. The zero-order valence-corrected chi connectivity index (χ0v) is 22.4. The van der Waals surface area contributed by atoms with Crippen LogP contribution in [0.1, 0.15) is 79.6 Å². The average molecular weight is 499 g/mol. The van der Waals surface area contributed by atoms with Crippen LogP contribution in [0, 0.1) is 51.8 Å². The van der Waals surface area contributed by atoms with Gasteiger partial charge in [0.15, 0.2) is 0 Å². The standard InChI is InChI=1S/C30H42O6/c1-14-10-22(35-26(34)18(14)13-31)16(3)19-6-7-20-21-12-24-30(36-24)25(33)15(2)11-23(32)29(30)17(4)28(21,29)9-8-27(19,20)5/h15-17,19-22,24-25,31,33H,6-13H2,1-5H3. The number of fused-ring (bicyclic) bond motifs is 2. The molecule has 36 heavy (non-hydrogen) atoms. The van der Waals surface area contributed by atoms with Crippen molar-refractivity contribution in [2.45, 2.75) is 103 Å². The Kier molecular flexibility index (Phi) is 4.66. The number of carbonyl (C=O) groups excluding carboxylic acids is 2. The highest BCUT2D eigenvalue weighted by molar-refractivity contribution is 5.94. The van der Waals surface area contributed by atoms with Crippen LogP contribution in [0.3, 0.4) is 0 Å². The number of epoxide rings is 1. The first kappa shape index (κ1) is 23.8. The summed E-state index contributed by atoms with van der Waals surface area (Å²) in [6, 6.07) is 0. The normalized spacial score (nSPS) is 57.6. The second-order valence-electron chi connectivity index (χ2n) is 14.1. The van der Waals surface area contributed by atoms with E-state index in [0.717, 1.165) is 37.7 Å². The Bertz CT molecular complexity index is 1080. The summed E-state index contributed by atoms with van der Waals surface area (Å²) in [5.74, 6) is 1.98. The molecule has 5 aliphatic carbocycles. The van der Waals surface area contributed by atoms with Crippen LogP contribution in [0.25, 0.3) is 0 Å². The number of aliphatic hydroxyl groups is 2. The van der Waals surface area contributed by atoms with Crippen molar-refractivity contribution in [1.29, 1.82) is 0 Å². The van der Waals surface area contributed by atoms with Crippen LogP contribution in [0.15, 0.2) is 11.1 Å². The molecule has 5 saturated carbocycles. The molecule has 7 aliphatic rings. The molecule has 3 spiro atoms. The molecule has 0 aromatic heterocycles. The number of cyclic esters (lactones) is 1. The molecule has 13 unspecified atom stereocenters. The van der Waals surface area contributed by atoms with Gasteiger partial charge >= 0.3 is 5.97 Å². The van der Waals surface area contributed by atoms with E-state index in [1.54, 1.807) is 0 Å². The van der Waals surface area contributed by atoms with E-state index in [1.165, 1.54) is 0 Å². The van der Waals surface area contributed by atoms with Crippen molar-refractivity contribution < 1.29 is 29.3 Å². The van der Waals surface area contributed by atoms with Crippen LogP contribution in [0.5, 0.6) is 0 Å². The molecular weight excluding hydrogens is 456 g/mol. The van der Waals surface area contributed by atoms with Crippen molar-refractivity contribution in [1.82, 2.24) is 0 Å². The molecule has 0 aromatic carbocycles. The Morgan fingerprint density at radius 3 is 2.56 bits per heavy atom. The Labute approximate surface area is 214 Å². The van der Waals surface area contributed by atoms with Gasteiger partial charge in [-0.25, -0.2) is 4.79 Å². The topological polar surface area (TPSA) is 96.4 Å². The van der Waals surface area contributed by atoms with E-state index < -0.39 is 17.1 Å². The SMILES string of the molecule is CC1=C(CO)C(=O)OC(C(C)C2CCC3C4CC5OC56C(O)C(C)CC(=O)C65C(C)C45CCC23C)C1. The molecule has 6 heteroatoms. The third-order valence-corrected chi connectivity index (χ3v) is 13.5. The third-order valence-electron chi connectivity index (χ3n) is 13.5. The van der Waals surface area contributed by atoms with Gasteiger partial charge in [0.1, 0.15) is 17.5 Å². The molecule has 1 saturated heterocycles. The predicted molar refractivity (Wildman–Crippen MR) is 132 cm³/mol. The Morgan fingerprint density at radius 1 is 1.11 bits per heavy atom. The molecule has 13 atom stereocenters. The number of carbonyl (C=O) groups is 2. The van der Waals surface area contributed by atoms with Crippen molar-refractivity contribution >= 4 is 11.8 Å². The fourth-order valence-electron chi connectivity index (χ4n) is 11.9. The minimum atomic E-state index is -0.624. The van der Waals surface area contributed by atoms with E-state index in [-0.39, 0.29) is 53.4 Å². The fourth-order valence-corrected chi connectivity index (χ4v) is 11.9. The van der Waals surface area contributed by atoms with Gasteiger partial charge in [-0.1, -0.05) is 33.3 Å². The molecule has 198 valence electrons. The van der Waals surface area contributed by atoms with Crippen LogP contribution in [-0.4, -0.2) is 52.5 Å². The first-order valence-corrected chi connectivity index (χ1v) is 14.4. The Morgan fingerprint density at radius 2 is 1.86 bits per heavy atom. The number of hydrogen-bond acceptors (Lipinski definition) is 6. The zero-order valence-electron chi connectivity index (χ0n) is 22.4. The highest BCUT2D eigenvalue weighted by atomic mass is 16.6. The lowest BCUT2D eigenvalue weighted by Gasteiger charge is -2.55. The number of Topliss-reactive ketones (excluding diaryl/α,β-unsaturated/α-hetero) is 1. The van der Waals surface area contributed by atoms with E-state index in [0.29, 0.717) is 42.0 Å². The highest BCUT2D eigenvalue weighted by Crippen LogP contribution is 2.92. The summed E-state index contributed by atoms with van der Waals surface area (Å²) in [4.78, 5) is 26.4. The summed E-state index contributed by atoms with van der Waals surface area (Å²) in [6.07, 6.45) is 5.92. The molecule has 7 rings (SSSR count). The maximum atomic E-state index is 13.8. The number of rotatable bonds is 3. The lowest BCUT2D eigenvalue weighted by atomic mass is 9.48. The fraction of sp³-hybridized carbons (Fsp3) is 0.867. The van der Waals surface area contributed by atoms with Crippen LogP contribution in [0.2, 0.25) is 0 Å².